The molecule has 122 valence electrons. The van der Waals surface area contributed by atoms with Crippen molar-refractivity contribution in [2.45, 2.75) is 18.6 Å². The standard InChI is InChI=1S/C14H15F2N3O.2ClH/c15-10-1-2-12(16)11(7-10)13-18-5-6-19(13)9-14(20)3-4-17-8-14;;/h1-2,5-7,17,20H,3-4,8-9H2;2*1H. The number of aliphatic hydroxyl groups is 1. The van der Waals surface area contributed by atoms with Crippen molar-refractivity contribution < 1.29 is 13.9 Å². The number of nitrogens with one attached hydrogen (secondary N) is 1. The average Bonchev–Trinajstić information content (AvgIpc) is 3.02. The second kappa shape index (κ2) is 7.37. The molecular weight excluding hydrogens is 335 g/mol. The van der Waals surface area contributed by atoms with Gasteiger partial charge in [0, 0.05) is 18.9 Å². The smallest absolute Gasteiger partial charge is 0.143 e. The molecule has 4 nitrogen and oxygen atoms in total. The third-order valence-electron chi connectivity index (χ3n) is 3.57. The third-order valence-corrected chi connectivity index (χ3v) is 3.57. The van der Waals surface area contributed by atoms with Gasteiger partial charge in [-0.3, -0.25) is 0 Å². The van der Waals surface area contributed by atoms with Gasteiger partial charge < -0.3 is 15.0 Å². The highest BCUT2D eigenvalue weighted by molar-refractivity contribution is 5.85. The average molecular weight is 352 g/mol. The quantitative estimate of drug-likeness (QED) is 0.892. The second-order valence-corrected chi connectivity index (χ2v) is 5.15. The number of aromatic nitrogens is 2. The van der Waals surface area contributed by atoms with Crippen LogP contribution in [0, 0.1) is 11.6 Å². The zero-order valence-electron chi connectivity index (χ0n) is 11.6. The van der Waals surface area contributed by atoms with E-state index in [-0.39, 0.29) is 30.4 Å². The molecule has 1 aliphatic heterocycles. The van der Waals surface area contributed by atoms with Gasteiger partial charge in [0.05, 0.1) is 17.7 Å². The Kier molecular flexibility index (Phi) is 6.31. The van der Waals surface area contributed by atoms with E-state index in [0.29, 0.717) is 25.3 Å². The first-order valence-electron chi connectivity index (χ1n) is 6.47. The summed E-state index contributed by atoms with van der Waals surface area (Å²) < 4.78 is 28.8. The molecule has 2 N–H and O–H groups in total. The van der Waals surface area contributed by atoms with Crippen molar-refractivity contribution >= 4 is 24.8 Å². The molecule has 1 unspecified atom stereocenters. The van der Waals surface area contributed by atoms with Crippen LogP contribution in [0.4, 0.5) is 8.78 Å². The Morgan fingerprint density at radius 3 is 2.77 bits per heavy atom. The molecule has 0 bridgehead atoms. The van der Waals surface area contributed by atoms with Gasteiger partial charge in [0.2, 0.25) is 0 Å². The number of imidazole rings is 1. The molecule has 1 aliphatic rings. The normalized spacial score (nSPS) is 20.3. The molecule has 3 rings (SSSR count). The van der Waals surface area contributed by atoms with E-state index in [2.05, 4.69) is 10.3 Å². The van der Waals surface area contributed by atoms with Crippen LogP contribution in [-0.4, -0.2) is 33.3 Å². The zero-order valence-corrected chi connectivity index (χ0v) is 13.3. The Hall–Kier alpha value is -1.21. The summed E-state index contributed by atoms with van der Waals surface area (Å²) in [5, 5.41) is 13.5. The van der Waals surface area contributed by atoms with Gasteiger partial charge in [-0.15, -0.1) is 24.8 Å². The Bertz CT molecular complexity index is 630. The number of hydrogen-bond acceptors (Lipinski definition) is 3. The molecular formula is C14H17Cl2F2N3O. The van der Waals surface area contributed by atoms with Crippen molar-refractivity contribution in [3.63, 3.8) is 0 Å². The lowest BCUT2D eigenvalue weighted by Gasteiger charge is -2.23. The van der Waals surface area contributed by atoms with Crippen LogP contribution in [0.2, 0.25) is 0 Å². The first-order chi connectivity index (χ1) is 9.57. The van der Waals surface area contributed by atoms with E-state index in [1.54, 1.807) is 10.8 Å². The molecule has 1 atom stereocenters. The maximum Gasteiger partial charge on any atom is 0.143 e. The van der Waals surface area contributed by atoms with Crippen LogP contribution < -0.4 is 5.32 Å². The Labute approximate surface area is 139 Å². The van der Waals surface area contributed by atoms with E-state index in [9.17, 15) is 13.9 Å². The minimum absolute atomic E-state index is 0. The van der Waals surface area contributed by atoms with Gasteiger partial charge in [0.15, 0.2) is 0 Å². The number of nitrogens with zero attached hydrogens (tertiary/aromatic N) is 2. The topological polar surface area (TPSA) is 50.1 Å². The van der Waals surface area contributed by atoms with Crippen LogP contribution >= 0.6 is 24.8 Å². The van der Waals surface area contributed by atoms with Crippen LogP contribution in [0.15, 0.2) is 30.6 Å². The van der Waals surface area contributed by atoms with E-state index in [1.165, 1.54) is 6.20 Å². The van der Waals surface area contributed by atoms with Gasteiger partial charge in [-0.25, -0.2) is 13.8 Å². The van der Waals surface area contributed by atoms with Crippen molar-refractivity contribution in [3.05, 3.63) is 42.2 Å². The minimum atomic E-state index is -0.876. The van der Waals surface area contributed by atoms with E-state index in [0.717, 1.165) is 24.7 Å². The number of hydrogen-bond donors (Lipinski definition) is 2. The Balaban J connectivity index is 0.00000121. The van der Waals surface area contributed by atoms with E-state index < -0.39 is 17.2 Å². The van der Waals surface area contributed by atoms with E-state index in [4.69, 9.17) is 0 Å². The number of benzene rings is 1. The van der Waals surface area contributed by atoms with Crippen LogP contribution in [0.3, 0.4) is 0 Å². The summed E-state index contributed by atoms with van der Waals surface area (Å²) in [5.41, 5.74) is -0.774. The molecule has 1 fully saturated rings. The molecule has 8 heteroatoms. The summed E-state index contributed by atoms with van der Waals surface area (Å²) in [4.78, 5) is 4.09. The lowest BCUT2D eigenvalue weighted by molar-refractivity contribution is 0.0436. The molecule has 2 heterocycles. The highest BCUT2D eigenvalue weighted by atomic mass is 35.5. The van der Waals surface area contributed by atoms with Crippen LogP contribution in [0.5, 0.6) is 0 Å². The maximum atomic E-state index is 13.8. The molecule has 22 heavy (non-hydrogen) atoms. The number of halogens is 4. The van der Waals surface area contributed by atoms with Crippen molar-refractivity contribution in [3.8, 4) is 11.4 Å². The second-order valence-electron chi connectivity index (χ2n) is 5.15. The van der Waals surface area contributed by atoms with E-state index in [1.807, 2.05) is 0 Å². The van der Waals surface area contributed by atoms with Gasteiger partial charge >= 0.3 is 0 Å². The molecule has 0 aliphatic carbocycles. The summed E-state index contributed by atoms with van der Waals surface area (Å²) in [6, 6.07) is 3.27. The Morgan fingerprint density at radius 2 is 2.09 bits per heavy atom. The molecule has 1 saturated heterocycles. The molecule has 0 spiro atoms. The molecule has 0 amide bonds. The summed E-state index contributed by atoms with van der Waals surface area (Å²) in [6.45, 7) is 1.52. The SMILES string of the molecule is Cl.Cl.OC1(Cn2ccnc2-c2cc(F)ccc2F)CCNC1. The largest absolute Gasteiger partial charge is 0.387 e. The Morgan fingerprint density at radius 1 is 1.32 bits per heavy atom. The minimum Gasteiger partial charge on any atom is -0.387 e. The fourth-order valence-electron chi connectivity index (χ4n) is 2.53. The van der Waals surface area contributed by atoms with Gasteiger partial charge in [-0.1, -0.05) is 0 Å². The molecule has 0 radical (unpaired) electrons. The highest BCUT2D eigenvalue weighted by Gasteiger charge is 2.32. The zero-order chi connectivity index (χ0) is 14.2. The van der Waals surface area contributed by atoms with E-state index >= 15 is 0 Å². The monoisotopic (exact) mass is 351 g/mol. The van der Waals surface area contributed by atoms with Gasteiger partial charge in [0.1, 0.15) is 17.5 Å². The predicted octanol–water partition coefficient (Wildman–Crippen LogP) is 2.40. The summed E-state index contributed by atoms with van der Waals surface area (Å²) in [5.74, 6) is -0.727. The van der Waals surface area contributed by atoms with Crippen molar-refractivity contribution in [1.29, 1.82) is 0 Å². The van der Waals surface area contributed by atoms with Gasteiger partial charge in [0.25, 0.3) is 0 Å². The highest BCUT2D eigenvalue weighted by Crippen LogP contribution is 2.25. The summed E-state index contributed by atoms with van der Waals surface area (Å²) in [7, 11) is 0. The van der Waals surface area contributed by atoms with Gasteiger partial charge in [-0.2, -0.15) is 0 Å². The molecule has 0 saturated carbocycles. The van der Waals surface area contributed by atoms with Crippen LogP contribution in [0.1, 0.15) is 6.42 Å². The van der Waals surface area contributed by atoms with Crippen molar-refractivity contribution in [1.82, 2.24) is 14.9 Å². The third kappa shape index (κ3) is 3.76. The lowest BCUT2D eigenvalue weighted by Crippen LogP contribution is -2.36. The lowest BCUT2D eigenvalue weighted by atomic mass is 10.0. The summed E-state index contributed by atoms with van der Waals surface area (Å²) in [6.07, 6.45) is 3.80. The fourth-order valence-corrected chi connectivity index (χ4v) is 2.53. The molecule has 2 aromatic rings. The first-order valence-corrected chi connectivity index (χ1v) is 6.47. The number of β-amino-alcohol motifs (C(OH)–C–C–N with tert-alkyl or cyclic N) is 1. The first kappa shape index (κ1) is 18.8. The van der Waals surface area contributed by atoms with Crippen LogP contribution in [-0.2, 0) is 6.54 Å². The fraction of sp³-hybridized carbons (Fsp3) is 0.357. The maximum absolute atomic E-state index is 13.8. The molecule has 1 aromatic carbocycles. The van der Waals surface area contributed by atoms with Crippen molar-refractivity contribution in [2.75, 3.05) is 13.1 Å². The molecule has 1 aromatic heterocycles. The number of rotatable bonds is 3. The van der Waals surface area contributed by atoms with Gasteiger partial charge in [-0.05, 0) is 31.2 Å². The summed E-state index contributed by atoms with van der Waals surface area (Å²) >= 11 is 0. The van der Waals surface area contributed by atoms with Crippen molar-refractivity contribution in [2.24, 2.45) is 0 Å². The van der Waals surface area contributed by atoms with Crippen LogP contribution in [0.25, 0.3) is 11.4 Å². The predicted molar refractivity (Wildman–Crippen MR) is 84.5 cm³/mol.